The van der Waals surface area contributed by atoms with Gasteiger partial charge in [-0.05, 0) is 98.6 Å². The summed E-state index contributed by atoms with van der Waals surface area (Å²) in [4.78, 5) is 2.40. The molecule has 53 heavy (non-hydrogen) atoms. The molecule has 10 rings (SSSR count). The summed E-state index contributed by atoms with van der Waals surface area (Å²) >= 11 is 0. The zero-order chi connectivity index (χ0) is 35.5. The summed E-state index contributed by atoms with van der Waals surface area (Å²) in [6.07, 6.45) is 0. The van der Waals surface area contributed by atoms with Crippen LogP contribution in [0.5, 0.6) is 0 Å². The molecule has 1 aliphatic carbocycles. The maximum absolute atomic E-state index is 6.59. The Balaban J connectivity index is 1.18. The van der Waals surface area contributed by atoms with Gasteiger partial charge in [-0.2, -0.15) is 0 Å². The molecule has 0 saturated heterocycles. The molecule has 1 aliphatic rings. The second kappa shape index (κ2) is 12.3. The van der Waals surface area contributed by atoms with Crippen molar-refractivity contribution in [3.05, 3.63) is 199 Å². The Kier molecular flexibility index (Phi) is 7.19. The van der Waals surface area contributed by atoms with Crippen molar-refractivity contribution in [3.63, 3.8) is 0 Å². The number of hydrogen-bond donors (Lipinski definition) is 0. The van der Waals surface area contributed by atoms with Crippen molar-refractivity contribution < 1.29 is 4.42 Å². The summed E-state index contributed by atoms with van der Waals surface area (Å²) in [5.74, 6) is 0. The van der Waals surface area contributed by atoms with Gasteiger partial charge in [0.2, 0.25) is 0 Å². The Morgan fingerprint density at radius 2 is 0.962 bits per heavy atom. The minimum atomic E-state index is -0.272. The minimum absolute atomic E-state index is 0.272. The molecule has 8 aromatic carbocycles. The number of furan rings is 1. The van der Waals surface area contributed by atoms with Gasteiger partial charge in [0.15, 0.2) is 0 Å². The van der Waals surface area contributed by atoms with E-state index >= 15 is 0 Å². The Hall–Kier alpha value is -6.64. The van der Waals surface area contributed by atoms with E-state index in [1.54, 1.807) is 0 Å². The summed E-state index contributed by atoms with van der Waals surface area (Å²) in [5, 5.41) is 2.33. The fourth-order valence-electron chi connectivity index (χ4n) is 8.44. The van der Waals surface area contributed by atoms with Gasteiger partial charge >= 0.3 is 0 Å². The quantitative estimate of drug-likeness (QED) is 0.174. The van der Waals surface area contributed by atoms with Crippen LogP contribution in [0.3, 0.4) is 0 Å². The molecule has 0 amide bonds. The average Bonchev–Trinajstić information content (AvgIpc) is 3.70. The molecule has 0 spiro atoms. The van der Waals surface area contributed by atoms with Gasteiger partial charge in [0.05, 0.1) is 0 Å². The van der Waals surface area contributed by atoms with Gasteiger partial charge in [0.25, 0.3) is 0 Å². The molecule has 0 saturated carbocycles. The normalized spacial score (nSPS) is 12.9. The van der Waals surface area contributed by atoms with Crippen LogP contribution in [0.15, 0.2) is 192 Å². The number of rotatable bonds is 6. The van der Waals surface area contributed by atoms with E-state index in [0.29, 0.717) is 0 Å². The smallest absolute Gasteiger partial charge is 0.136 e. The second-order valence-corrected chi connectivity index (χ2v) is 14.5. The molecule has 2 heteroatoms. The monoisotopic (exact) mass is 679 g/mol. The molecule has 0 fully saturated rings. The largest absolute Gasteiger partial charge is 0.456 e. The summed E-state index contributed by atoms with van der Waals surface area (Å²) in [5.41, 5.74) is 17.3. The first-order valence-electron chi connectivity index (χ1n) is 18.3. The fraction of sp³-hybridized carbons (Fsp3) is 0.0588. The first-order valence-corrected chi connectivity index (χ1v) is 18.3. The molecule has 0 unspecified atom stereocenters. The second-order valence-electron chi connectivity index (χ2n) is 14.5. The molecule has 9 aromatic rings. The summed E-state index contributed by atoms with van der Waals surface area (Å²) in [6, 6.07) is 67.7. The molecule has 0 atom stereocenters. The van der Waals surface area contributed by atoms with E-state index in [2.05, 4.69) is 207 Å². The first-order chi connectivity index (χ1) is 26.0. The zero-order valence-electron chi connectivity index (χ0n) is 29.8. The van der Waals surface area contributed by atoms with Crippen LogP contribution in [0.4, 0.5) is 17.1 Å². The van der Waals surface area contributed by atoms with Crippen molar-refractivity contribution >= 4 is 39.0 Å². The highest BCUT2D eigenvalue weighted by molar-refractivity contribution is 6.17. The lowest BCUT2D eigenvalue weighted by molar-refractivity contribution is 0.647. The first kappa shape index (κ1) is 31.1. The maximum Gasteiger partial charge on any atom is 0.136 e. The lowest BCUT2D eigenvalue weighted by Gasteiger charge is -2.28. The number of para-hydroxylation sites is 1. The Morgan fingerprint density at radius 1 is 0.396 bits per heavy atom. The molecule has 252 valence electrons. The standard InChI is InChI=1S/C51H37NO/c1-51(2)44-32-41(29-30-42(44)49-45(51)33-47-50(43-23-12-13-24-46(43)53-47)48(49)37-19-10-5-11-20-37)52(39-27-25-36(26-28-39)34-15-6-3-7-16-34)40-22-14-21-38(31-40)35-17-8-4-9-18-35/h3-33H,1-2H3. The van der Waals surface area contributed by atoms with Crippen LogP contribution >= 0.6 is 0 Å². The number of fused-ring (bicyclic) bond motifs is 6. The van der Waals surface area contributed by atoms with Crippen LogP contribution in [0.1, 0.15) is 25.0 Å². The van der Waals surface area contributed by atoms with E-state index in [4.69, 9.17) is 4.42 Å². The van der Waals surface area contributed by atoms with Crippen molar-refractivity contribution in [2.75, 3.05) is 4.90 Å². The molecule has 0 radical (unpaired) electrons. The van der Waals surface area contributed by atoms with Crippen molar-refractivity contribution in [2.45, 2.75) is 19.3 Å². The third kappa shape index (κ3) is 5.10. The van der Waals surface area contributed by atoms with Crippen molar-refractivity contribution in [3.8, 4) is 44.5 Å². The van der Waals surface area contributed by atoms with Crippen LogP contribution < -0.4 is 4.90 Å². The Labute approximate surface area is 310 Å². The van der Waals surface area contributed by atoms with E-state index in [1.165, 1.54) is 61.0 Å². The number of benzene rings is 8. The van der Waals surface area contributed by atoms with Gasteiger partial charge in [-0.1, -0.05) is 153 Å². The SMILES string of the molecule is CC1(C)c2cc(N(c3ccc(-c4ccccc4)cc3)c3cccc(-c4ccccc4)c3)ccc2-c2c1cc1oc3ccccc3c1c2-c1ccccc1. The van der Waals surface area contributed by atoms with Crippen molar-refractivity contribution in [1.82, 2.24) is 0 Å². The average molecular weight is 680 g/mol. The molecule has 1 heterocycles. The number of nitrogens with zero attached hydrogens (tertiary/aromatic N) is 1. The molecule has 0 aliphatic heterocycles. The summed E-state index contributed by atoms with van der Waals surface area (Å²) in [7, 11) is 0. The zero-order valence-corrected chi connectivity index (χ0v) is 29.8. The summed E-state index contributed by atoms with van der Waals surface area (Å²) < 4.78 is 6.59. The van der Waals surface area contributed by atoms with Crippen LogP contribution in [-0.2, 0) is 5.41 Å². The highest BCUT2D eigenvalue weighted by Crippen LogP contribution is 2.56. The lowest BCUT2D eigenvalue weighted by Crippen LogP contribution is -2.16. The number of anilines is 3. The van der Waals surface area contributed by atoms with Gasteiger partial charge in [-0.25, -0.2) is 0 Å². The summed E-state index contributed by atoms with van der Waals surface area (Å²) in [6.45, 7) is 4.72. The van der Waals surface area contributed by atoms with Crippen LogP contribution in [0.2, 0.25) is 0 Å². The lowest BCUT2D eigenvalue weighted by atomic mass is 9.81. The fourth-order valence-corrected chi connectivity index (χ4v) is 8.44. The third-order valence-corrected chi connectivity index (χ3v) is 11.1. The molecule has 0 bridgehead atoms. The van der Waals surface area contributed by atoms with Crippen molar-refractivity contribution in [2.24, 2.45) is 0 Å². The Morgan fingerprint density at radius 3 is 1.68 bits per heavy atom. The predicted molar refractivity (Wildman–Crippen MR) is 222 cm³/mol. The highest BCUT2D eigenvalue weighted by Gasteiger charge is 2.39. The van der Waals surface area contributed by atoms with Gasteiger partial charge in [0, 0.05) is 38.8 Å². The van der Waals surface area contributed by atoms with Gasteiger partial charge in [-0.3, -0.25) is 0 Å². The molecule has 2 nitrogen and oxygen atoms in total. The topological polar surface area (TPSA) is 16.4 Å². The van der Waals surface area contributed by atoms with E-state index in [-0.39, 0.29) is 5.41 Å². The van der Waals surface area contributed by atoms with Crippen LogP contribution in [0, 0.1) is 0 Å². The van der Waals surface area contributed by atoms with E-state index in [9.17, 15) is 0 Å². The molecular weight excluding hydrogens is 643 g/mol. The van der Waals surface area contributed by atoms with Crippen LogP contribution in [0.25, 0.3) is 66.4 Å². The van der Waals surface area contributed by atoms with Gasteiger partial charge in [0.1, 0.15) is 11.2 Å². The van der Waals surface area contributed by atoms with Gasteiger partial charge in [-0.15, -0.1) is 0 Å². The Bertz CT molecular complexity index is 2780. The highest BCUT2D eigenvalue weighted by atomic mass is 16.3. The van der Waals surface area contributed by atoms with E-state index in [0.717, 1.165) is 33.6 Å². The van der Waals surface area contributed by atoms with Crippen molar-refractivity contribution in [1.29, 1.82) is 0 Å². The minimum Gasteiger partial charge on any atom is -0.456 e. The van der Waals surface area contributed by atoms with Gasteiger partial charge < -0.3 is 9.32 Å². The molecule has 1 aromatic heterocycles. The van der Waals surface area contributed by atoms with E-state index in [1.807, 2.05) is 0 Å². The third-order valence-electron chi connectivity index (χ3n) is 11.1. The number of hydrogen-bond acceptors (Lipinski definition) is 2. The predicted octanol–water partition coefficient (Wildman–Crippen LogP) is 14.4. The molecular formula is C51H37NO. The molecule has 0 N–H and O–H groups in total. The van der Waals surface area contributed by atoms with E-state index < -0.39 is 0 Å². The maximum atomic E-state index is 6.59. The van der Waals surface area contributed by atoms with Crippen LogP contribution in [-0.4, -0.2) is 0 Å².